The molecule has 0 spiro atoms. The van der Waals surface area contributed by atoms with Crippen LogP contribution < -0.4 is 10.6 Å². The van der Waals surface area contributed by atoms with Crippen LogP contribution in [0.3, 0.4) is 0 Å². The molecule has 2 rings (SSSR count). The quantitative estimate of drug-likeness (QED) is 0.792. The topological polar surface area (TPSA) is 24.1 Å². The average molecular weight is 295 g/mol. The lowest BCUT2D eigenvalue weighted by molar-refractivity contribution is 0.628. The third kappa shape index (κ3) is 3.66. The van der Waals surface area contributed by atoms with Crippen molar-refractivity contribution in [2.45, 2.75) is 6.92 Å². The molecule has 98 valence electrons. The number of halogens is 2. The van der Waals surface area contributed by atoms with Crippen LogP contribution in [0.25, 0.3) is 0 Å². The molecule has 0 aromatic heterocycles. The summed E-state index contributed by atoms with van der Waals surface area (Å²) in [6.45, 7) is 1.90. The molecular weight excluding hydrogens is 283 g/mol. The summed E-state index contributed by atoms with van der Waals surface area (Å²) in [5, 5.41) is 7.00. The fourth-order valence-electron chi connectivity index (χ4n) is 1.59. The van der Waals surface area contributed by atoms with Crippen LogP contribution in [-0.4, -0.2) is 5.11 Å². The summed E-state index contributed by atoms with van der Waals surface area (Å²) < 4.78 is 13.0. The largest absolute Gasteiger partial charge is 0.332 e. The molecular formula is C14H12ClFN2S. The van der Waals surface area contributed by atoms with Crippen molar-refractivity contribution in [2.75, 3.05) is 10.6 Å². The van der Waals surface area contributed by atoms with E-state index in [0.717, 1.165) is 11.3 Å². The van der Waals surface area contributed by atoms with E-state index in [4.69, 9.17) is 23.8 Å². The number of benzene rings is 2. The molecule has 0 heterocycles. The van der Waals surface area contributed by atoms with E-state index in [1.54, 1.807) is 12.1 Å². The van der Waals surface area contributed by atoms with Crippen LogP contribution in [0.1, 0.15) is 5.56 Å². The Labute approximate surface area is 121 Å². The highest BCUT2D eigenvalue weighted by Crippen LogP contribution is 2.23. The number of nitrogens with one attached hydrogen (secondary N) is 2. The van der Waals surface area contributed by atoms with Crippen molar-refractivity contribution in [1.82, 2.24) is 0 Å². The minimum Gasteiger partial charge on any atom is -0.332 e. The first-order chi connectivity index (χ1) is 9.06. The van der Waals surface area contributed by atoms with E-state index in [2.05, 4.69) is 10.6 Å². The smallest absolute Gasteiger partial charge is 0.175 e. The van der Waals surface area contributed by atoms with Crippen molar-refractivity contribution in [3.8, 4) is 0 Å². The van der Waals surface area contributed by atoms with E-state index in [1.807, 2.05) is 25.1 Å². The lowest BCUT2D eigenvalue weighted by Gasteiger charge is -2.13. The predicted molar refractivity (Wildman–Crippen MR) is 82.4 cm³/mol. The molecule has 0 saturated carbocycles. The molecule has 19 heavy (non-hydrogen) atoms. The molecule has 2 aromatic carbocycles. The highest BCUT2D eigenvalue weighted by atomic mass is 35.5. The van der Waals surface area contributed by atoms with Gasteiger partial charge in [-0.05, 0) is 55.0 Å². The number of anilines is 2. The average Bonchev–Trinajstić information content (AvgIpc) is 2.35. The number of rotatable bonds is 2. The van der Waals surface area contributed by atoms with E-state index in [-0.39, 0.29) is 5.82 Å². The highest BCUT2D eigenvalue weighted by Gasteiger charge is 2.04. The first-order valence-electron chi connectivity index (χ1n) is 5.65. The van der Waals surface area contributed by atoms with Crippen LogP contribution in [0.15, 0.2) is 42.5 Å². The molecule has 5 heteroatoms. The van der Waals surface area contributed by atoms with Crippen molar-refractivity contribution in [3.05, 3.63) is 58.9 Å². The Balaban J connectivity index is 2.08. The van der Waals surface area contributed by atoms with Gasteiger partial charge in [-0.2, -0.15) is 0 Å². The Morgan fingerprint density at radius 3 is 2.63 bits per heavy atom. The second-order valence-corrected chi connectivity index (χ2v) is 4.82. The molecule has 0 amide bonds. The molecule has 0 aliphatic rings. The zero-order chi connectivity index (χ0) is 13.8. The molecule has 0 radical (unpaired) electrons. The van der Waals surface area contributed by atoms with E-state index in [9.17, 15) is 4.39 Å². The molecule has 0 aliphatic carbocycles. The SMILES string of the molecule is Cc1c(Cl)cccc1NC(=S)Nc1cccc(F)c1. The minimum absolute atomic E-state index is 0.313. The van der Waals surface area contributed by atoms with Crippen molar-refractivity contribution >= 4 is 40.3 Å². The fourth-order valence-corrected chi connectivity index (χ4v) is 2.00. The van der Waals surface area contributed by atoms with Gasteiger partial charge in [0.15, 0.2) is 5.11 Å². The maximum Gasteiger partial charge on any atom is 0.175 e. The number of hydrogen-bond acceptors (Lipinski definition) is 1. The van der Waals surface area contributed by atoms with E-state index in [1.165, 1.54) is 12.1 Å². The van der Waals surface area contributed by atoms with Gasteiger partial charge in [0.1, 0.15) is 5.82 Å². The lowest BCUT2D eigenvalue weighted by Crippen LogP contribution is -2.19. The van der Waals surface area contributed by atoms with Crippen LogP contribution in [0.4, 0.5) is 15.8 Å². The van der Waals surface area contributed by atoms with Crippen molar-refractivity contribution in [2.24, 2.45) is 0 Å². The minimum atomic E-state index is -0.313. The van der Waals surface area contributed by atoms with Gasteiger partial charge in [-0.25, -0.2) is 4.39 Å². The Hall–Kier alpha value is -1.65. The molecule has 2 nitrogen and oxygen atoms in total. The van der Waals surface area contributed by atoms with Gasteiger partial charge < -0.3 is 10.6 Å². The Morgan fingerprint density at radius 1 is 1.16 bits per heavy atom. The maximum absolute atomic E-state index is 13.0. The molecule has 2 N–H and O–H groups in total. The summed E-state index contributed by atoms with van der Waals surface area (Å²) in [6, 6.07) is 11.6. The van der Waals surface area contributed by atoms with Gasteiger partial charge in [0.05, 0.1) is 0 Å². The lowest BCUT2D eigenvalue weighted by atomic mass is 10.2. The van der Waals surface area contributed by atoms with Gasteiger partial charge in [-0.15, -0.1) is 0 Å². The molecule has 0 unspecified atom stereocenters. The number of thiocarbonyl (C=S) groups is 1. The van der Waals surface area contributed by atoms with E-state index in [0.29, 0.717) is 15.8 Å². The van der Waals surface area contributed by atoms with E-state index >= 15 is 0 Å². The third-order valence-electron chi connectivity index (χ3n) is 2.60. The first kappa shape index (κ1) is 13.8. The van der Waals surface area contributed by atoms with Gasteiger partial charge in [0.2, 0.25) is 0 Å². The van der Waals surface area contributed by atoms with Crippen LogP contribution in [-0.2, 0) is 0 Å². The molecule has 0 fully saturated rings. The van der Waals surface area contributed by atoms with Crippen LogP contribution in [0, 0.1) is 12.7 Å². The summed E-state index contributed by atoms with van der Waals surface area (Å²) in [6.07, 6.45) is 0. The van der Waals surface area contributed by atoms with Crippen LogP contribution in [0.5, 0.6) is 0 Å². The van der Waals surface area contributed by atoms with Crippen molar-refractivity contribution in [1.29, 1.82) is 0 Å². The summed E-state index contributed by atoms with van der Waals surface area (Å²) >= 11 is 11.2. The molecule has 0 aliphatic heterocycles. The summed E-state index contributed by atoms with van der Waals surface area (Å²) in [4.78, 5) is 0. The van der Waals surface area contributed by atoms with Gasteiger partial charge in [0.25, 0.3) is 0 Å². The molecule has 2 aromatic rings. The van der Waals surface area contributed by atoms with Crippen molar-refractivity contribution < 1.29 is 4.39 Å². The number of hydrogen-bond donors (Lipinski definition) is 2. The highest BCUT2D eigenvalue weighted by molar-refractivity contribution is 7.80. The third-order valence-corrected chi connectivity index (χ3v) is 3.21. The Bertz CT molecular complexity index is 616. The van der Waals surface area contributed by atoms with Crippen molar-refractivity contribution in [3.63, 3.8) is 0 Å². The summed E-state index contributed by atoms with van der Waals surface area (Å²) in [5.74, 6) is -0.313. The van der Waals surface area contributed by atoms with Gasteiger partial charge in [-0.3, -0.25) is 0 Å². The second kappa shape index (κ2) is 5.99. The predicted octanol–water partition coefficient (Wildman–Crippen LogP) is 4.60. The fraction of sp³-hybridized carbons (Fsp3) is 0.0714. The summed E-state index contributed by atoms with van der Waals surface area (Å²) in [7, 11) is 0. The summed E-state index contributed by atoms with van der Waals surface area (Å²) in [5.41, 5.74) is 2.33. The normalized spacial score (nSPS) is 10.1. The zero-order valence-corrected chi connectivity index (χ0v) is 11.8. The molecule has 0 atom stereocenters. The standard InChI is InChI=1S/C14H12ClFN2S/c1-9-12(15)6-3-7-13(9)18-14(19)17-11-5-2-4-10(16)8-11/h2-8H,1H3,(H2,17,18,19). The van der Waals surface area contributed by atoms with Crippen LogP contribution in [0.2, 0.25) is 5.02 Å². The van der Waals surface area contributed by atoms with E-state index < -0.39 is 0 Å². The Kier molecular flexibility index (Phi) is 4.35. The Morgan fingerprint density at radius 2 is 1.89 bits per heavy atom. The zero-order valence-electron chi connectivity index (χ0n) is 10.2. The second-order valence-electron chi connectivity index (χ2n) is 4.00. The maximum atomic E-state index is 13.0. The van der Waals surface area contributed by atoms with Gasteiger partial charge >= 0.3 is 0 Å². The van der Waals surface area contributed by atoms with Gasteiger partial charge in [-0.1, -0.05) is 23.7 Å². The first-order valence-corrected chi connectivity index (χ1v) is 6.43. The van der Waals surface area contributed by atoms with Gasteiger partial charge in [0, 0.05) is 16.4 Å². The monoisotopic (exact) mass is 294 g/mol. The molecule has 0 saturated heterocycles. The molecule has 0 bridgehead atoms. The van der Waals surface area contributed by atoms with Crippen LogP contribution >= 0.6 is 23.8 Å².